The molecule has 1 aliphatic rings. The molecule has 0 unspecified atom stereocenters. The Kier molecular flexibility index (Phi) is 2.97. The molecule has 1 aliphatic carbocycles. The normalized spacial score (nSPS) is 13.3. The van der Waals surface area contributed by atoms with Crippen LogP contribution in [0, 0.1) is 0 Å². The lowest BCUT2D eigenvalue weighted by atomic mass is 10.2. The largest absolute Gasteiger partial charge is 0.321 e. The predicted octanol–water partition coefficient (Wildman–Crippen LogP) is 4.04. The van der Waals surface area contributed by atoms with Crippen LogP contribution in [0.1, 0.15) is 26.5 Å². The van der Waals surface area contributed by atoms with Crippen molar-refractivity contribution in [2.24, 2.45) is 0 Å². The number of amides is 1. The van der Waals surface area contributed by atoms with Crippen LogP contribution in [0.3, 0.4) is 0 Å². The lowest BCUT2D eigenvalue weighted by molar-refractivity contribution is 0.103. The molecule has 0 bridgehead atoms. The summed E-state index contributed by atoms with van der Waals surface area (Å²) in [5.41, 5.74) is 3.06. The Hall–Kier alpha value is -2.20. The van der Waals surface area contributed by atoms with Crippen molar-refractivity contribution in [3.05, 3.63) is 57.9 Å². The van der Waals surface area contributed by atoms with Gasteiger partial charge >= 0.3 is 0 Å². The first-order valence-corrected chi connectivity index (χ1v) is 7.89. The van der Waals surface area contributed by atoms with E-state index >= 15 is 0 Å². The number of nitrogens with zero attached hydrogens (tertiary/aromatic N) is 1. The Bertz CT molecular complexity index is 811. The Labute approximate surface area is 126 Å². The number of rotatable bonds is 2. The number of benzene rings is 1. The van der Waals surface area contributed by atoms with Gasteiger partial charge in [0, 0.05) is 16.5 Å². The number of hydrogen-bond acceptors (Lipinski definition) is 3. The van der Waals surface area contributed by atoms with E-state index in [-0.39, 0.29) is 5.91 Å². The van der Waals surface area contributed by atoms with Gasteiger partial charge < -0.3 is 5.32 Å². The second-order valence-corrected chi connectivity index (χ2v) is 6.38. The summed E-state index contributed by atoms with van der Waals surface area (Å²) in [6, 6.07) is 11.7. The quantitative estimate of drug-likeness (QED) is 0.775. The van der Waals surface area contributed by atoms with Gasteiger partial charge in [-0.3, -0.25) is 9.78 Å². The van der Waals surface area contributed by atoms with Crippen LogP contribution in [0.25, 0.3) is 10.9 Å². The molecule has 4 heteroatoms. The molecule has 2 aromatic heterocycles. The van der Waals surface area contributed by atoms with E-state index in [1.54, 1.807) is 17.5 Å². The first-order chi connectivity index (χ1) is 10.3. The van der Waals surface area contributed by atoms with Crippen molar-refractivity contribution in [3.63, 3.8) is 0 Å². The minimum atomic E-state index is -0.0225. The third-order valence-corrected chi connectivity index (χ3v) is 5.10. The number of anilines is 1. The van der Waals surface area contributed by atoms with Gasteiger partial charge in [0.05, 0.1) is 16.1 Å². The van der Waals surface area contributed by atoms with Crippen molar-refractivity contribution < 1.29 is 4.79 Å². The van der Waals surface area contributed by atoms with E-state index in [9.17, 15) is 4.79 Å². The summed E-state index contributed by atoms with van der Waals surface area (Å²) in [5.74, 6) is -0.0225. The van der Waals surface area contributed by atoms with Crippen LogP contribution in [-0.2, 0) is 12.8 Å². The second kappa shape index (κ2) is 4.97. The molecular weight excluding hydrogens is 280 g/mol. The SMILES string of the molecule is O=C(Nc1cccc2ncccc12)c1cc2c(s1)CCC2. The molecule has 1 aromatic carbocycles. The molecule has 0 radical (unpaired) electrons. The molecule has 1 amide bonds. The molecule has 0 atom stereocenters. The lowest BCUT2D eigenvalue weighted by Gasteiger charge is -2.07. The van der Waals surface area contributed by atoms with Crippen LogP contribution in [0.5, 0.6) is 0 Å². The number of carbonyl (C=O) groups is 1. The summed E-state index contributed by atoms with van der Waals surface area (Å²) in [4.78, 5) is 18.9. The average Bonchev–Trinajstić information content (AvgIpc) is 3.09. The van der Waals surface area contributed by atoms with Gasteiger partial charge in [-0.2, -0.15) is 0 Å². The first-order valence-electron chi connectivity index (χ1n) is 7.08. The zero-order valence-corrected chi connectivity index (χ0v) is 12.2. The van der Waals surface area contributed by atoms with E-state index in [0.717, 1.165) is 34.3 Å². The van der Waals surface area contributed by atoms with Crippen molar-refractivity contribution in [2.45, 2.75) is 19.3 Å². The van der Waals surface area contributed by atoms with E-state index in [2.05, 4.69) is 10.3 Å². The third kappa shape index (κ3) is 2.21. The van der Waals surface area contributed by atoms with Crippen LogP contribution in [0.2, 0.25) is 0 Å². The van der Waals surface area contributed by atoms with Crippen molar-refractivity contribution in [3.8, 4) is 0 Å². The van der Waals surface area contributed by atoms with Crippen LogP contribution < -0.4 is 5.32 Å². The van der Waals surface area contributed by atoms with Crippen molar-refractivity contribution in [2.75, 3.05) is 5.32 Å². The smallest absolute Gasteiger partial charge is 0.265 e. The number of aromatic nitrogens is 1. The molecule has 0 saturated heterocycles. The third-order valence-electron chi connectivity index (χ3n) is 3.86. The number of aryl methyl sites for hydroxylation is 2. The summed E-state index contributed by atoms with van der Waals surface area (Å²) >= 11 is 1.63. The Balaban J connectivity index is 1.66. The maximum Gasteiger partial charge on any atom is 0.265 e. The fraction of sp³-hybridized carbons (Fsp3) is 0.176. The highest BCUT2D eigenvalue weighted by molar-refractivity contribution is 7.14. The Morgan fingerprint density at radius 1 is 1.19 bits per heavy atom. The van der Waals surface area contributed by atoms with Crippen LogP contribution in [-0.4, -0.2) is 10.9 Å². The maximum atomic E-state index is 12.4. The summed E-state index contributed by atoms with van der Waals surface area (Å²) in [7, 11) is 0. The molecule has 3 nitrogen and oxygen atoms in total. The van der Waals surface area contributed by atoms with Gasteiger partial charge in [-0.05, 0) is 55.2 Å². The fourth-order valence-electron chi connectivity index (χ4n) is 2.84. The van der Waals surface area contributed by atoms with Crippen molar-refractivity contribution >= 4 is 33.8 Å². The number of fused-ring (bicyclic) bond motifs is 2. The van der Waals surface area contributed by atoms with Gasteiger partial charge in [0.25, 0.3) is 5.91 Å². The molecule has 0 saturated carbocycles. The van der Waals surface area contributed by atoms with E-state index < -0.39 is 0 Å². The van der Waals surface area contributed by atoms with Gasteiger partial charge in [0.15, 0.2) is 0 Å². The molecule has 1 N–H and O–H groups in total. The average molecular weight is 294 g/mol. The van der Waals surface area contributed by atoms with Gasteiger partial charge in [-0.15, -0.1) is 11.3 Å². The van der Waals surface area contributed by atoms with Crippen LogP contribution >= 0.6 is 11.3 Å². The zero-order valence-electron chi connectivity index (χ0n) is 11.4. The molecule has 0 spiro atoms. The molecule has 21 heavy (non-hydrogen) atoms. The summed E-state index contributed by atoms with van der Waals surface area (Å²) in [6.45, 7) is 0. The molecule has 104 valence electrons. The fourth-order valence-corrected chi connectivity index (χ4v) is 3.99. The van der Waals surface area contributed by atoms with Gasteiger partial charge in [-0.25, -0.2) is 0 Å². The highest BCUT2D eigenvalue weighted by Crippen LogP contribution is 2.31. The van der Waals surface area contributed by atoms with Gasteiger partial charge in [-0.1, -0.05) is 6.07 Å². The van der Waals surface area contributed by atoms with Crippen molar-refractivity contribution in [1.82, 2.24) is 4.98 Å². The predicted molar refractivity (Wildman–Crippen MR) is 86.0 cm³/mol. The minimum absolute atomic E-state index is 0.0225. The standard InChI is InChI=1S/C17H14N2OS/c20-17(16-10-11-4-1-8-15(11)21-16)19-14-7-2-6-13-12(14)5-3-9-18-13/h2-3,5-7,9-10H,1,4,8H2,(H,19,20). The number of carbonyl (C=O) groups excluding carboxylic acids is 1. The summed E-state index contributed by atoms with van der Waals surface area (Å²) in [5, 5.41) is 3.99. The number of thiophene rings is 1. The van der Waals surface area contributed by atoms with Gasteiger partial charge in [0.2, 0.25) is 0 Å². The molecule has 0 fully saturated rings. The molecule has 4 rings (SSSR count). The first kappa shape index (κ1) is 12.5. The summed E-state index contributed by atoms with van der Waals surface area (Å²) < 4.78 is 0. The maximum absolute atomic E-state index is 12.4. The molecular formula is C17H14N2OS. The van der Waals surface area contributed by atoms with E-state index in [1.165, 1.54) is 16.9 Å². The molecule has 3 aromatic rings. The Morgan fingerprint density at radius 3 is 3.05 bits per heavy atom. The van der Waals surface area contributed by atoms with E-state index in [1.807, 2.05) is 36.4 Å². The highest BCUT2D eigenvalue weighted by Gasteiger charge is 2.18. The number of pyridine rings is 1. The van der Waals surface area contributed by atoms with Crippen LogP contribution in [0.4, 0.5) is 5.69 Å². The monoisotopic (exact) mass is 294 g/mol. The molecule has 2 heterocycles. The summed E-state index contributed by atoms with van der Waals surface area (Å²) in [6.07, 6.45) is 5.21. The van der Waals surface area contributed by atoms with E-state index in [4.69, 9.17) is 0 Å². The Morgan fingerprint density at radius 2 is 2.14 bits per heavy atom. The van der Waals surface area contributed by atoms with Gasteiger partial charge in [0.1, 0.15) is 0 Å². The highest BCUT2D eigenvalue weighted by atomic mass is 32.1. The zero-order chi connectivity index (χ0) is 14.2. The second-order valence-electron chi connectivity index (χ2n) is 5.24. The van der Waals surface area contributed by atoms with Crippen LogP contribution in [0.15, 0.2) is 42.6 Å². The molecule has 0 aliphatic heterocycles. The topological polar surface area (TPSA) is 42.0 Å². The van der Waals surface area contributed by atoms with E-state index in [0.29, 0.717) is 0 Å². The lowest BCUT2D eigenvalue weighted by Crippen LogP contribution is -2.10. The number of hydrogen-bond donors (Lipinski definition) is 1. The van der Waals surface area contributed by atoms with Crippen molar-refractivity contribution in [1.29, 1.82) is 0 Å². The minimum Gasteiger partial charge on any atom is -0.321 e. The number of nitrogens with one attached hydrogen (secondary N) is 1.